The number of benzene rings is 2. The molecule has 1 unspecified atom stereocenters. The Bertz CT molecular complexity index is 1090. The molecule has 0 saturated heterocycles. The molecule has 6 nitrogen and oxygen atoms in total. The van der Waals surface area contributed by atoms with Gasteiger partial charge in [0.05, 0.1) is 18.8 Å². The molecule has 0 bridgehead atoms. The number of ether oxygens (including phenoxy) is 1. The van der Waals surface area contributed by atoms with Gasteiger partial charge < -0.3 is 10.1 Å². The van der Waals surface area contributed by atoms with Crippen LogP contribution in [0.5, 0.6) is 5.75 Å². The summed E-state index contributed by atoms with van der Waals surface area (Å²) in [6.45, 7) is 6.09. The molecule has 8 heteroatoms. The van der Waals surface area contributed by atoms with Crippen molar-refractivity contribution in [2.24, 2.45) is 0 Å². The average Bonchev–Trinajstić information content (AvgIpc) is 3.23. The number of aromatic nitrogens is 3. The normalized spacial score (nSPS) is 11.9. The van der Waals surface area contributed by atoms with Crippen LogP contribution in [0.15, 0.2) is 47.6 Å². The van der Waals surface area contributed by atoms with Crippen LogP contribution in [0.25, 0.3) is 5.69 Å². The Balaban J connectivity index is 1.89. The van der Waals surface area contributed by atoms with Crippen molar-refractivity contribution >= 4 is 29.3 Å². The van der Waals surface area contributed by atoms with Gasteiger partial charge in [-0.2, -0.15) is 0 Å². The lowest BCUT2D eigenvalue weighted by Gasteiger charge is -2.18. The second-order valence-electron chi connectivity index (χ2n) is 7.99. The van der Waals surface area contributed by atoms with Crippen molar-refractivity contribution in [1.82, 2.24) is 20.1 Å². The van der Waals surface area contributed by atoms with Crippen LogP contribution in [-0.4, -0.2) is 27.8 Å². The van der Waals surface area contributed by atoms with Gasteiger partial charge in [0.1, 0.15) is 5.75 Å². The van der Waals surface area contributed by atoms with Gasteiger partial charge in [0.25, 0.3) is 0 Å². The number of unbranched alkanes of at least 4 members (excludes halogenated alkanes) is 2. The van der Waals surface area contributed by atoms with Gasteiger partial charge >= 0.3 is 0 Å². The number of rotatable bonds is 11. The van der Waals surface area contributed by atoms with Crippen LogP contribution in [0, 0.1) is 6.92 Å². The predicted molar refractivity (Wildman–Crippen MR) is 134 cm³/mol. The summed E-state index contributed by atoms with van der Waals surface area (Å²) in [6.07, 6.45) is 3.53. The monoisotopic (exact) mass is 486 g/mol. The first-order chi connectivity index (χ1) is 15.9. The van der Waals surface area contributed by atoms with Crippen LogP contribution in [0.3, 0.4) is 0 Å². The molecule has 1 aromatic heterocycles. The van der Waals surface area contributed by atoms with Crippen molar-refractivity contribution in [3.05, 3.63) is 64.4 Å². The highest BCUT2D eigenvalue weighted by Gasteiger charge is 2.22. The summed E-state index contributed by atoms with van der Waals surface area (Å²) < 4.78 is 7.34. The van der Waals surface area contributed by atoms with Gasteiger partial charge in [-0.15, -0.1) is 10.2 Å². The third-order valence-corrected chi connectivity index (χ3v) is 6.58. The summed E-state index contributed by atoms with van der Waals surface area (Å²) >= 11 is 7.92. The maximum atomic E-state index is 12.4. The van der Waals surface area contributed by atoms with Gasteiger partial charge in [-0.25, -0.2) is 0 Å². The molecule has 0 aliphatic heterocycles. The molecule has 2 aromatic carbocycles. The minimum absolute atomic E-state index is 0.0268. The minimum Gasteiger partial charge on any atom is -0.497 e. The molecule has 0 fully saturated rings. The molecule has 176 valence electrons. The third kappa shape index (κ3) is 6.74. The standard InChI is InChI=1S/C25H31ClN4O2S/c1-5-6-7-11-23(31)27-18(3)24-28-29-25(30(24)22-15-20(26)13-12-17(22)2)33-16-19-9-8-10-21(14-19)32-4/h8-10,12-15,18H,5-7,11,16H2,1-4H3,(H,27,31). The summed E-state index contributed by atoms with van der Waals surface area (Å²) in [6, 6.07) is 13.4. The fourth-order valence-corrected chi connectivity index (χ4v) is 4.59. The van der Waals surface area contributed by atoms with E-state index in [1.54, 1.807) is 18.9 Å². The van der Waals surface area contributed by atoms with Crippen molar-refractivity contribution < 1.29 is 9.53 Å². The molecular weight excluding hydrogens is 456 g/mol. The molecule has 0 radical (unpaired) electrons. The summed E-state index contributed by atoms with van der Waals surface area (Å²) in [5.74, 6) is 2.23. The highest BCUT2D eigenvalue weighted by molar-refractivity contribution is 7.98. The maximum absolute atomic E-state index is 12.4. The fraction of sp³-hybridized carbons (Fsp3) is 0.400. The number of carbonyl (C=O) groups is 1. The van der Waals surface area contributed by atoms with E-state index in [0.29, 0.717) is 23.0 Å². The van der Waals surface area contributed by atoms with E-state index < -0.39 is 0 Å². The molecule has 0 aliphatic rings. The number of methoxy groups -OCH3 is 1. The predicted octanol–water partition coefficient (Wildman–Crippen LogP) is 6.29. The van der Waals surface area contributed by atoms with E-state index in [0.717, 1.165) is 47.0 Å². The Labute approximate surface area is 205 Å². The fourth-order valence-electron chi connectivity index (χ4n) is 3.53. The van der Waals surface area contributed by atoms with Gasteiger partial charge in [-0.3, -0.25) is 9.36 Å². The van der Waals surface area contributed by atoms with Gasteiger partial charge in [0, 0.05) is 17.2 Å². The second-order valence-corrected chi connectivity index (χ2v) is 9.37. The highest BCUT2D eigenvalue weighted by atomic mass is 35.5. The molecular formula is C25H31ClN4O2S. The number of amides is 1. The first-order valence-corrected chi connectivity index (χ1v) is 12.6. The molecule has 0 aliphatic carbocycles. The van der Waals surface area contributed by atoms with Crippen LogP contribution in [-0.2, 0) is 10.5 Å². The van der Waals surface area contributed by atoms with Gasteiger partial charge in [0.2, 0.25) is 5.91 Å². The number of nitrogens with zero attached hydrogens (tertiary/aromatic N) is 3. The van der Waals surface area contributed by atoms with Crippen LogP contribution < -0.4 is 10.1 Å². The zero-order valence-electron chi connectivity index (χ0n) is 19.6. The van der Waals surface area contributed by atoms with Crippen LogP contribution in [0.1, 0.15) is 62.5 Å². The Morgan fingerprint density at radius 2 is 2.03 bits per heavy atom. The van der Waals surface area contributed by atoms with E-state index in [1.807, 2.05) is 54.8 Å². The molecule has 1 amide bonds. The molecule has 3 rings (SSSR count). The van der Waals surface area contributed by atoms with Crippen molar-refractivity contribution in [1.29, 1.82) is 0 Å². The highest BCUT2D eigenvalue weighted by Crippen LogP contribution is 2.31. The number of halogens is 1. The smallest absolute Gasteiger partial charge is 0.220 e. The number of hydrogen-bond donors (Lipinski definition) is 1. The molecule has 3 aromatic rings. The summed E-state index contributed by atoms with van der Waals surface area (Å²) in [7, 11) is 1.66. The van der Waals surface area contributed by atoms with E-state index in [2.05, 4.69) is 28.5 Å². The van der Waals surface area contributed by atoms with E-state index in [4.69, 9.17) is 16.3 Å². The largest absolute Gasteiger partial charge is 0.497 e. The number of thioether (sulfide) groups is 1. The zero-order chi connectivity index (χ0) is 23.8. The van der Waals surface area contributed by atoms with E-state index in [1.165, 1.54) is 0 Å². The van der Waals surface area contributed by atoms with E-state index in [-0.39, 0.29) is 11.9 Å². The Morgan fingerprint density at radius 3 is 2.79 bits per heavy atom. The minimum atomic E-state index is -0.295. The molecule has 0 spiro atoms. The molecule has 1 atom stereocenters. The number of carbonyl (C=O) groups excluding carboxylic acids is 1. The van der Waals surface area contributed by atoms with Crippen LogP contribution in [0.4, 0.5) is 0 Å². The van der Waals surface area contributed by atoms with Gasteiger partial charge in [0.15, 0.2) is 11.0 Å². The van der Waals surface area contributed by atoms with Gasteiger partial charge in [-0.1, -0.05) is 61.3 Å². The Morgan fingerprint density at radius 1 is 1.21 bits per heavy atom. The van der Waals surface area contributed by atoms with Crippen LogP contribution >= 0.6 is 23.4 Å². The molecule has 33 heavy (non-hydrogen) atoms. The van der Waals surface area contributed by atoms with Crippen molar-refractivity contribution in [3.8, 4) is 11.4 Å². The SMILES string of the molecule is CCCCCC(=O)NC(C)c1nnc(SCc2cccc(OC)c2)n1-c1cc(Cl)ccc1C. The molecule has 1 N–H and O–H groups in total. The number of aryl methyl sites for hydroxylation is 1. The molecule has 1 heterocycles. The van der Waals surface area contributed by atoms with E-state index >= 15 is 0 Å². The quantitative estimate of drug-likeness (QED) is 0.255. The number of nitrogens with one attached hydrogen (secondary N) is 1. The lowest BCUT2D eigenvalue weighted by atomic mass is 10.1. The lowest BCUT2D eigenvalue weighted by molar-refractivity contribution is -0.121. The average molecular weight is 487 g/mol. The van der Waals surface area contributed by atoms with Crippen molar-refractivity contribution in [2.75, 3.05) is 7.11 Å². The topological polar surface area (TPSA) is 69.0 Å². The lowest BCUT2D eigenvalue weighted by Crippen LogP contribution is -2.28. The summed E-state index contributed by atoms with van der Waals surface area (Å²) in [5.41, 5.74) is 3.07. The maximum Gasteiger partial charge on any atom is 0.220 e. The summed E-state index contributed by atoms with van der Waals surface area (Å²) in [5, 5.41) is 13.4. The van der Waals surface area contributed by atoms with Crippen molar-refractivity contribution in [3.63, 3.8) is 0 Å². The second kappa shape index (κ2) is 12.1. The Kier molecular flexibility index (Phi) is 9.21. The number of hydrogen-bond acceptors (Lipinski definition) is 5. The first-order valence-electron chi connectivity index (χ1n) is 11.2. The zero-order valence-corrected chi connectivity index (χ0v) is 21.2. The third-order valence-electron chi connectivity index (χ3n) is 5.34. The van der Waals surface area contributed by atoms with Crippen LogP contribution in [0.2, 0.25) is 5.02 Å². The van der Waals surface area contributed by atoms with Crippen molar-refractivity contribution in [2.45, 2.75) is 63.4 Å². The molecule has 0 saturated carbocycles. The first kappa shape index (κ1) is 25.1. The van der Waals surface area contributed by atoms with Gasteiger partial charge in [-0.05, 0) is 55.7 Å². The van der Waals surface area contributed by atoms with E-state index in [9.17, 15) is 4.79 Å². The Hall–Kier alpha value is -2.51. The summed E-state index contributed by atoms with van der Waals surface area (Å²) in [4.78, 5) is 12.4.